The maximum absolute atomic E-state index is 5.76. The van der Waals surface area contributed by atoms with Crippen LogP contribution in [0.2, 0.25) is 0 Å². The second-order valence-electron chi connectivity index (χ2n) is 4.07. The largest absolute Gasteiger partial charge is 0.398 e. The van der Waals surface area contributed by atoms with Crippen molar-refractivity contribution in [2.45, 2.75) is 45.8 Å². The Morgan fingerprint density at radius 2 is 2.20 bits per heavy atom. The van der Waals surface area contributed by atoms with Crippen LogP contribution in [0.1, 0.15) is 34.1 Å². The van der Waals surface area contributed by atoms with Crippen molar-refractivity contribution < 1.29 is 4.74 Å². The van der Waals surface area contributed by atoms with Gasteiger partial charge in [0.15, 0.2) is 0 Å². The fourth-order valence-electron chi connectivity index (χ4n) is 0.920. The third kappa shape index (κ3) is 6.91. The molecule has 1 atom stereocenters. The van der Waals surface area contributed by atoms with E-state index in [0.29, 0.717) is 5.70 Å². The van der Waals surface area contributed by atoms with Crippen molar-refractivity contribution in [2.24, 2.45) is 10.7 Å². The highest BCUT2D eigenvalue weighted by Gasteiger charge is 2.17. The monoisotopic (exact) mass is 210 g/mol. The van der Waals surface area contributed by atoms with Crippen LogP contribution in [0.3, 0.4) is 0 Å². The van der Waals surface area contributed by atoms with E-state index >= 15 is 0 Å². The number of hydrogen-bond donors (Lipinski definition) is 1. The summed E-state index contributed by atoms with van der Waals surface area (Å²) in [5.74, 6) is 0. The van der Waals surface area contributed by atoms with Gasteiger partial charge < -0.3 is 10.5 Å². The first kappa shape index (κ1) is 13.9. The van der Waals surface area contributed by atoms with Crippen molar-refractivity contribution in [3.05, 3.63) is 24.6 Å². The number of nitrogens with zero attached hydrogens (tertiary/aromatic N) is 1. The van der Waals surface area contributed by atoms with Gasteiger partial charge in [0.2, 0.25) is 0 Å². The zero-order valence-corrected chi connectivity index (χ0v) is 10.2. The molecule has 0 saturated carbocycles. The molecule has 0 aromatic carbocycles. The molecule has 3 nitrogen and oxygen atoms in total. The van der Waals surface area contributed by atoms with Gasteiger partial charge in [-0.2, -0.15) is 0 Å². The Kier molecular flexibility index (Phi) is 5.94. The molecule has 86 valence electrons. The van der Waals surface area contributed by atoms with Crippen molar-refractivity contribution in [1.82, 2.24) is 0 Å². The van der Waals surface area contributed by atoms with Crippen LogP contribution >= 0.6 is 0 Å². The molecular formula is C12H22N2O. The highest BCUT2D eigenvalue weighted by atomic mass is 16.5. The third-order valence-electron chi connectivity index (χ3n) is 2.11. The predicted molar refractivity (Wildman–Crippen MR) is 65.9 cm³/mol. The average molecular weight is 210 g/mol. The van der Waals surface area contributed by atoms with Crippen molar-refractivity contribution in [3.63, 3.8) is 0 Å². The minimum absolute atomic E-state index is 0.0196. The maximum atomic E-state index is 5.76. The third-order valence-corrected chi connectivity index (χ3v) is 2.11. The lowest BCUT2D eigenvalue weighted by Gasteiger charge is -2.26. The van der Waals surface area contributed by atoms with E-state index in [1.165, 1.54) is 0 Å². The summed E-state index contributed by atoms with van der Waals surface area (Å²) in [5.41, 5.74) is 5.94. The molecule has 15 heavy (non-hydrogen) atoms. The van der Waals surface area contributed by atoms with Gasteiger partial charge in [-0.15, -0.1) is 0 Å². The first-order chi connectivity index (χ1) is 6.91. The van der Waals surface area contributed by atoms with E-state index in [1.54, 1.807) is 18.5 Å². The van der Waals surface area contributed by atoms with Crippen LogP contribution in [0.4, 0.5) is 0 Å². The Morgan fingerprint density at radius 1 is 1.60 bits per heavy atom. The summed E-state index contributed by atoms with van der Waals surface area (Å²) < 4.78 is 5.76. The Bertz CT molecular complexity index is 254. The molecule has 0 aliphatic heterocycles. The molecule has 0 fully saturated rings. The molecule has 2 N–H and O–H groups in total. The fraction of sp³-hybridized carbons (Fsp3) is 0.583. The van der Waals surface area contributed by atoms with Crippen molar-refractivity contribution in [2.75, 3.05) is 0 Å². The standard InChI is InChI=1S/C12H22N2O/c1-6-11(13)9-14-8-10(3)15-12(4,5)7-2/h6,8-10H,1,7,13H2,2-5H3/b11-9-,14-8?. The van der Waals surface area contributed by atoms with E-state index < -0.39 is 0 Å². The van der Waals surface area contributed by atoms with Crippen LogP contribution in [0.5, 0.6) is 0 Å². The van der Waals surface area contributed by atoms with Gasteiger partial charge in [0, 0.05) is 18.1 Å². The topological polar surface area (TPSA) is 47.6 Å². The number of rotatable bonds is 6. The number of allylic oxidation sites excluding steroid dienone is 1. The lowest BCUT2D eigenvalue weighted by Crippen LogP contribution is -2.29. The summed E-state index contributed by atoms with van der Waals surface area (Å²) in [5, 5.41) is 0. The van der Waals surface area contributed by atoms with Crippen molar-refractivity contribution >= 4 is 6.21 Å². The Morgan fingerprint density at radius 3 is 2.67 bits per heavy atom. The SMILES string of the molecule is C=C/C(N)=C/N=CC(C)OC(C)(C)CC. The molecule has 0 radical (unpaired) electrons. The molecule has 0 aliphatic rings. The van der Waals surface area contributed by atoms with Gasteiger partial charge in [0.25, 0.3) is 0 Å². The average Bonchev–Trinajstić information content (AvgIpc) is 2.16. The molecule has 0 bridgehead atoms. The van der Waals surface area contributed by atoms with E-state index in [0.717, 1.165) is 6.42 Å². The smallest absolute Gasteiger partial charge is 0.0905 e. The van der Waals surface area contributed by atoms with Gasteiger partial charge >= 0.3 is 0 Å². The van der Waals surface area contributed by atoms with Crippen LogP contribution in [0.15, 0.2) is 29.5 Å². The molecule has 0 aromatic heterocycles. The molecule has 0 heterocycles. The quantitative estimate of drug-likeness (QED) is 0.541. The Labute approximate surface area is 92.7 Å². The molecule has 3 heteroatoms. The van der Waals surface area contributed by atoms with E-state index in [2.05, 4.69) is 32.3 Å². The van der Waals surface area contributed by atoms with E-state index in [1.807, 2.05) is 6.92 Å². The lowest BCUT2D eigenvalue weighted by atomic mass is 10.1. The second kappa shape index (κ2) is 6.40. The molecule has 0 amide bonds. The fourth-order valence-corrected chi connectivity index (χ4v) is 0.920. The highest BCUT2D eigenvalue weighted by molar-refractivity contribution is 5.63. The molecule has 0 aromatic rings. The first-order valence-corrected chi connectivity index (χ1v) is 5.20. The van der Waals surface area contributed by atoms with Gasteiger partial charge in [-0.05, 0) is 33.3 Å². The van der Waals surface area contributed by atoms with Gasteiger partial charge in [-0.1, -0.05) is 13.5 Å². The number of nitrogens with two attached hydrogens (primary N) is 1. The molecule has 1 unspecified atom stereocenters. The first-order valence-electron chi connectivity index (χ1n) is 5.20. The minimum atomic E-state index is -0.112. The summed E-state index contributed by atoms with van der Waals surface area (Å²) in [7, 11) is 0. The van der Waals surface area contributed by atoms with Gasteiger partial charge in [-0.25, -0.2) is 0 Å². The van der Waals surface area contributed by atoms with Gasteiger partial charge in [0.05, 0.1) is 11.7 Å². The summed E-state index contributed by atoms with van der Waals surface area (Å²) in [6.07, 6.45) is 5.79. The summed E-state index contributed by atoms with van der Waals surface area (Å²) in [6.45, 7) is 11.7. The van der Waals surface area contributed by atoms with Crippen molar-refractivity contribution in [1.29, 1.82) is 0 Å². The molecule has 0 rings (SSSR count). The lowest BCUT2D eigenvalue weighted by molar-refractivity contribution is -0.0356. The molecule has 0 spiro atoms. The summed E-state index contributed by atoms with van der Waals surface area (Å²) >= 11 is 0. The number of aliphatic imine (C=N–C) groups is 1. The predicted octanol–water partition coefficient (Wildman–Crippen LogP) is 2.64. The Balaban J connectivity index is 4.14. The van der Waals surface area contributed by atoms with E-state index in [9.17, 15) is 0 Å². The highest BCUT2D eigenvalue weighted by Crippen LogP contribution is 2.15. The molecule has 0 saturated heterocycles. The second-order valence-corrected chi connectivity index (χ2v) is 4.07. The van der Waals surface area contributed by atoms with E-state index in [-0.39, 0.29) is 11.7 Å². The molecular weight excluding hydrogens is 188 g/mol. The van der Waals surface area contributed by atoms with Gasteiger partial charge in [0.1, 0.15) is 0 Å². The van der Waals surface area contributed by atoms with Crippen LogP contribution in [-0.2, 0) is 4.74 Å². The molecule has 0 aliphatic carbocycles. The van der Waals surface area contributed by atoms with Gasteiger partial charge in [-0.3, -0.25) is 4.99 Å². The van der Waals surface area contributed by atoms with Crippen LogP contribution < -0.4 is 5.73 Å². The maximum Gasteiger partial charge on any atom is 0.0905 e. The summed E-state index contributed by atoms with van der Waals surface area (Å²) in [6, 6.07) is 0. The Hall–Kier alpha value is -1.09. The zero-order valence-electron chi connectivity index (χ0n) is 10.2. The van der Waals surface area contributed by atoms with Crippen LogP contribution in [0, 0.1) is 0 Å². The van der Waals surface area contributed by atoms with E-state index in [4.69, 9.17) is 10.5 Å². The summed E-state index contributed by atoms with van der Waals surface area (Å²) in [4.78, 5) is 4.05. The zero-order chi connectivity index (χ0) is 11.9. The number of ether oxygens (including phenoxy) is 1. The number of hydrogen-bond acceptors (Lipinski definition) is 3. The normalized spacial score (nSPS) is 15.6. The van der Waals surface area contributed by atoms with Crippen LogP contribution in [0.25, 0.3) is 0 Å². The van der Waals surface area contributed by atoms with Crippen molar-refractivity contribution in [3.8, 4) is 0 Å². The minimum Gasteiger partial charge on any atom is -0.398 e. The van der Waals surface area contributed by atoms with Crippen LogP contribution in [-0.4, -0.2) is 17.9 Å².